The van der Waals surface area contributed by atoms with E-state index in [2.05, 4.69) is 4.90 Å². The normalized spacial score (nSPS) is 28.3. The van der Waals surface area contributed by atoms with Gasteiger partial charge in [0.25, 0.3) is 0 Å². The molecule has 2 atom stereocenters. The maximum Gasteiger partial charge on any atom is 0.223 e. The van der Waals surface area contributed by atoms with Crippen LogP contribution in [-0.4, -0.2) is 68.1 Å². The summed E-state index contributed by atoms with van der Waals surface area (Å²) >= 11 is 0. The molecule has 0 aromatic carbocycles. The van der Waals surface area contributed by atoms with Crippen molar-refractivity contribution in [2.75, 3.05) is 46.4 Å². The molecular formula is C13H23N3O3. The second-order valence-corrected chi connectivity index (χ2v) is 5.55. The predicted molar refractivity (Wildman–Crippen MR) is 70.3 cm³/mol. The van der Waals surface area contributed by atoms with E-state index in [0.29, 0.717) is 12.5 Å². The lowest BCUT2D eigenvalue weighted by atomic mass is 10.1. The van der Waals surface area contributed by atoms with Gasteiger partial charge in [0, 0.05) is 39.7 Å². The molecule has 2 amide bonds. The molecule has 19 heavy (non-hydrogen) atoms. The van der Waals surface area contributed by atoms with E-state index in [4.69, 9.17) is 10.5 Å². The van der Waals surface area contributed by atoms with E-state index in [1.165, 1.54) is 0 Å². The third-order valence-corrected chi connectivity index (χ3v) is 4.08. The Morgan fingerprint density at radius 3 is 2.89 bits per heavy atom. The van der Waals surface area contributed by atoms with E-state index in [1.807, 2.05) is 0 Å². The number of nitrogens with two attached hydrogens (primary N) is 1. The zero-order valence-electron chi connectivity index (χ0n) is 11.5. The first-order valence-electron chi connectivity index (χ1n) is 6.88. The molecule has 108 valence electrons. The summed E-state index contributed by atoms with van der Waals surface area (Å²) in [6, 6.07) is 0. The number of carbonyl (C=O) groups is 2. The SMILES string of the molecule is COCCN1CCC(CN2CC(C(N)=O)CC2=O)C1. The van der Waals surface area contributed by atoms with E-state index in [0.717, 1.165) is 39.2 Å². The highest BCUT2D eigenvalue weighted by molar-refractivity contribution is 5.88. The monoisotopic (exact) mass is 269 g/mol. The molecule has 0 saturated carbocycles. The summed E-state index contributed by atoms with van der Waals surface area (Å²) in [4.78, 5) is 27.1. The van der Waals surface area contributed by atoms with Gasteiger partial charge in [-0.3, -0.25) is 9.59 Å². The number of rotatable bonds is 6. The zero-order chi connectivity index (χ0) is 13.8. The fraction of sp³-hybridized carbons (Fsp3) is 0.846. The molecule has 0 aliphatic carbocycles. The van der Waals surface area contributed by atoms with Gasteiger partial charge in [-0.05, 0) is 18.9 Å². The number of hydrogen-bond acceptors (Lipinski definition) is 4. The van der Waals surface area contributed by atoms with Crippen LogP contribution in [0.4, 0.5) is 0 Å². The lowest BCUT2D eigenvalue weighted by molar-refractivity contribution is -0.128. The molecule has 2 N–H and O–H groups in total. The van der Waals surface area contributed by atoms with Gasteiger partial charge in [-0.25, -0.2) is 0 Å². The Hall–Kier alpha value is -1.14. The predicted octanol–water partition coefficient (Wildman–Crippen LogP) is -0.711. The summed E-state index contributed by atoms with van der Waals surface area (Å²) in [7, 11) is 1.71. The molecule has 2 aliphatic rings. The number of hydrogen-bond donors (Lipinski definition) is 1. The van der Waals surface area contributed by atoms with Crippen molar-refractivity contribution < 1.29 is 14.3 Å². The molecule has 0 aromatic rings. The first kappa shape index (κ1) is 14.3. The lowest BCUT2D eigenvalue weighted by Crippen LogP contribution is -2.34. The highest BCUT2D eigenvalue weighted by atomic mass is 16.5. The minimum absolute atomic E-state index is 0.0686. The van der Waals surface area contributed by atoms with Crippen LogP contribution >= 0.6 is 0 Å². The second kappa shape index (κ2) is 6.34. The van der Waals surface area contributed by atoms with Crippen molar-refractivity contribution in [3.8, 4) is 0 Å². The Kier molecular flexibility index (Phi) is 4.76. The molecule has 0 radical (unpaired) electrons. The van der Waals surface area contributed by atoms with Crippen molar-refractivity contribution in [3.63, 3.8) is 0 Å². The van der Waals surface area contributed by atoms with Gasteiger partial charge >= 0.3 is 0 Å². The van der Waals surface area contributed by atoms with E-state index >= 15 is 0 Å². The largest absolute Gasteiger partial charge is 0.383 e. The van der Waals surface area contributed by atoms with Crippen molar-refractivity contribution in [2.24, 2.45) is 17.6 Å². The molecule has 2 unspecified atom stereocenters. The van der Waals surface area contributed by atoms with Crippen molar-refractivity contribution >= 4 is 11.8 Å². The van der Waals surface area contributed by atoms with Crippen LogP contribution in [0.1, 0.15) is 12.8 Å². The van der Waals surface area contributed by atoms with Crippen LogP contribution in [0.5, 0.6) is 0 Å². The smallest absolute Gasteiger partial charge is 0.223 e. The van der Waals surface area contributed by atoms with Crippen LogP contribution in [0, 0.1) is 11.8 Å². The summed E-state index contributed by atoms with van der Waals surface area (Å²) in [5.74, 6) is -0.0749. The average Bonchev–Trinajstić information content (AvgIpc) is 2.95. The van der Waals surface area contributed by atoms with Gasteiger partial charge in [0.05, 0.1) is 12.5 Å². The van der Waals surface area contributed by atoms with Crippen molar-refractivity contribution in [1.29, 1.82) is 0 Å². The summed E-state index contributed by atoms with van der Waals surface area (Å²) < 4.78 is 5.07. The highest BCUT2D eigenvalue weighted by Gasteiger charge is 2.35. The Labute approximate surface area is 113 Å². The third kappa shape index (κ3) is 3.67. The summed E-state index contributed by atoms with van der Waals surface area (Å²) in [6.07, 6.45) is 1.39. The maximum absolute atomic E-state index is 11.8. The Morgan fingerprint density at radius 2 is 2.26 bits per heavy atom. The molecule has 2 fully saturated rings. The number of amides is 2. The van der Waals surface area contributed by atoms with Crippen molar-refractivity contribution in [2.45, 2.75) is 12.8 Å². The van der Waals surface area contributed by atoms with Crippen molar-refractivity contribution in [3.05, 3.63) is 0 Å². The standard InChI is InChI=1S/C13H23N3O3/c1-19-5-4-15-3-2-10(7-15)8-16-9-11(13(14)18)6-12(16)17/h10-11H,2-9H2,1H3,(H2,14,18). The Morgan fingerprint density at radius 1 is 1.47 bits per heavy atom. The number of primary amides is 1. The number of likely N-dealkylation sites (tertiary alicyclic amines) is 2. The van der Waals surface area contributed by atoms with Crippen molar-refractivity contribution in [1.82, 2.24) is 9.80 Å². The van der Waals surface area contributed by atoms with Gasteiger partial charge in [-0.15, -0.1) is 0 Å². The third-order valence-electron chi connectivity index (χ3n) is 4.08. The Bertz CT molecular complexity index is 348. The number of carbonyl (C=O) groups excluding carboxylic acids is 2. The molecule has 0 aromatic heterocycles. The second-order valence-electron chi connectivity index (χ2n) is 5.55. The van der Waals surface area contributed by atoms with Gasteiger partial charge in [0.2, 0.25) is 11.8 Å². The first-order valence-corrected chi connectivity index (χ1v) is 6.88. The number of ether oxygens (including phenoxy) is 1. The zero-order valence-corrected chi connectivity index (χ0v) is 11.5. The van der Waals surface area contributed by atoms with Crippen LogP contribution < -0.4 is 5.73 Å². The fourth-order valence-corrected chi connectivity index (χ4v) is 2.94. The lowest BCUT2D eigenvalue weighted by Gasteiger charge is -2.21. The summed E-state index contributed by atoms with van der Waals surface area (Å²) in [5.41, 5.74) is 5.27. The molecule has 2 aliphatic heterocycles. The molecule has 6 heteroatoms. The van der Waals surface area contributed by atoms with Gasteiger partial charge < -0.3 is 20.3 Å². The van der Waals surface area contributed by atoms with Crippen LogP contribution in [-0.2, 0) is 14.3 Å². The van der Waals surface area contributed by atoms with Crippen LogP contribution in [0.15, 0.2) is 0 Å². The quantitative estimate of drug-likeness (QED) is 0.691. The minimum Gasteiger partial charge on any atom is -0.383 e. The minimum atomic E-state index is -0.357. The molecule has 0 bridgehead atoms. The van der Waals surface area contributed by atoms with Gasteiger partial charge in [0.1, 0.15) is 0 Å². The number of nitrogens with zero attached hydrogens (tertiary/aromatic N) is 2. The van der Waals surface area contributed by atoms with Crippen LogP contribution in [0.3, 0.4) is 0 Å². The summed E-state index contributed by atoms with van der Waals surface area (Å²) in [6.45, 7) is 5.03. The number of methoxy groups -OCH3 is 1. The average molecular weight is 269 g/mol. The molecule has 6 nitrogen and oxygen atoms in total. The topological polar surface area (TPSA) is 75.9 Å². The molecule has 2 saturated heterocycles. The van der Waals surface area contributed by atoms with E-state index in [-0.39, 0.29) is 24.2 Å². The van der Waals surface area contributed by atoms with Gasteiger partial charge in [-0.2, -0.15) is 0 Å². The molecule has 2 rings (SSSR count). The first-order chi connectivity index (χ1) is 9.10. The van der Waals surface area contributed by atoms with E-state index < -0.39 is 0 Å². The van der Waals surface area contributed by atoms with E-state index in [9.17, 15) is 9.59 Å². The Balaban J connectivity index is 1.76. The van der Waals surface area contributed by atoms with Crippen LogP contribution in [0.25, 0.3) is 0 Å². The summed E-state index contributed by atoms with van der Waals surface area (Å²) in [5, 5.41) is 0. The van der Waals surface area contributed by atoms with E-state index in [1.54, 1.807) is 12.0 Å². The van der Waals surface area contributed by atoms with Gasteiger partial charge in [0.15, 0.2) is 0 Å². The molecule has 0 spiro atoms. The highest BCUT2D eigenvalue weighted by Crippen LogP contribution is 2.22. The maximum atomic E-state index is 11.8. The fourth-order valence-electron chi connectivity index (χ4n) is 2.94. The van der Waals surface area contributed by atoms with Crippen LogP contribution in [0.2, 0.25) is 0 Å². The van der Waals surface area contributed by atoms with Gasteiger partial charge in [-0.1, -0.05) is 0 Å². The molecule has 2 heterocycles. The molecular weight excluding hydrogens is 246 g/mol.